The molecule has 21 heavy (non-hydrogen) atoms. The van der Waals surface area contributed by atoms with Gasteiger partial charge < -0.3 is 20.7 Å². The molecule has 6 heteroatoms. The molecule has 0 spiro atoms. The Morgan fingerprint density at radius 2 is 2.19 bits per heavy atom. The molecule has 1 saturated heterocycles. The molecule has 3 rings (SSSR count). The Labute approximate surface area is 129 Å². The third-order valence-corrected chi connectivity index (χ3v) is 5.38. The highest BCUT2D eigenvalue weighted by atomic mass is 32.1. The zero-order valence-corrected chi connectivity index (χ0v) is 13.7. The Balaban J connectivity index is 1.99. The van der Waals surface area contributed by atoms with Crippen LogP contribution in [0.3, 0.4) is 0 Å². The Morgan fingerprint density at radius 3 is 2.76 bits per heavy atom. The van der Waals surface area contributed by atoms with Crippen LogP contribution in [0.1, 0.15) is 47.8 Å². The number of carbonyl (C=O) groups is 1. The largest absolute Gasteiger partial charge is 0.397 e. The molecule has 0 atom stereocenters. The predicted molar refractivity (Wildman–Crippen MR) is 86.3 cm³/mol. The molecular formula is C15H23N3O2S. The number of hydrogen-bond acceptors (Lipinski definition) is 5. The van der Waals surface area contributed by atoms with Crippen molar-refractivity contribution in [3.05, 3.63) is 10.4 Å². The molecule has 1 aromatic heterocycles. The Hall–Kier alpha value is -1.27. The number of nitrogen functional groups attached to an aromatic ring is 1. The number of hydrogen-bond donors (Lipinski definition) is 2. The molecule has 1 saturated carbocycles. The van der Waals surface area contributed by atoms with Gasteiger partial charge in [0, 0.05) is 25.7 Å². The molecule has 3 N–H and O–H groups in total. The summed E-state index contributed by atoms with van der Waals surface area (Å²) >= 11 is 1.53. The van der Waals surface area contributed by atoms with E-state index in [0.29, 0.717) is 23.1 Å². The monoisotopic (exact) mass is 309 g/mol. The van der Waals surface area contributed by atoms with Gasteiger partial charge in [0.2, 0.25) is 0 Å². The molecule has 2 aliphatic rings. The van der Waals surface area contributed by atoms with Crippen LogP contribution in [0.25, 0.3) is 0 Å². The van der Waals surface area contributed by atoms with E-state index in [2.05, 4.69) is 24.1 Å². The third kappa shape index (κ3) is 2.74. The van der Waals surface area contributed by atoms with Gasteiger partial charge in [-0.05, 0) is 32.6 Å². The lowest BCUT2D eigenvalue weighted by Gasteiger charge is -2.39. The van der Waals surface area contributed by atoms with Crippen LogP contribution in [-0.4, -0.2) is 38.3 Å². The average molecular weight is 309 g/mol. The van der Waals surface area contributed by atoms with Gasteiger partial charge in [-0.15, -0.1) is 11.3 Å². The van der Waals surface area contributed by atoms with Crippen molar-refractivity contribution in [3.8, 4) is 0 Å². The van der Waals surface area contributed by atoms with Crippen molar-refractivity contribution in [2.75, 3.05) is 37.4 Å². The standard InChI is InChI=1S/C15H23N3O2S/c1-15(2)8-18(6-7-20-15)14-10(9-4-5-9)11(16)12(21-14)13(19)17-3/h9H,4-8,16H2,1-3H3,(H,17,19). The minimum absolute atomic E-state index is 0.0850. The summed E-state index contributed by atoms with van der Waals surface area (Å²) in [5.74, 6) is 0.443. The predicted octanol–water partition coefficient (Wildman–Crippen LogP) is 2.18. The van der Waals surface area contributed by atoms with E-state index >= 15 is 0 Å². The number of nitrogens with zero attached hydrogens (tertiary/aromatic N) is 1. The average Bonchev–Trinajstić information content (AvgIpc) is 3.20. The Morgan fingerprint density at radius 1 is 1.48 bits per heavy atom. The van der Waals surface area contributed by atoms with Gasteiger partial charge in [0.05, 0.1) is 22.9 Å². The molecule has 1 amide bonds. The molecule has 0 bridgehead atoms. The number of amides is 1. The van der Waals surface area contributed by atoms with Crippen molar-refractivity contribution in [2.45, 2.75) is 38.2 Å². The van der Waals surface area contributed by atoms with Crippen molar-refractivity contribution in [1.82, 2.24) is 5.32 Å². The van der Waals surface area contributed by atoms with E-state index in [1.807, 2.05) is 0 Å². The second-order valence-corrected chi connectivity index (χ2v) is 7.45. The maximum Gasteiger partial charge on any atom is 0.263 e. The number of thiophene rings is 1. The minimum atomic E-state index is -0.162. The number of ether oxygens (including phenoxy) is 1. The van der Waals surface area contributed by atoms with E-state index in [9.17, 15) is 4.79 Å². The summed E-state index contributed by atoms with van der Waals surface area (Å²) in [5.41, 5.74) is 8.00. The van der Waals surface area contributed by atoms with Gasteiger partial charge in [-0.25, -0.2) is 0 Å². The fourth-order valence-corrected chi connectivity index (χ4v) is 4.20. The minimum Gasteiger partial charge on any atom is -0.397 e. The molecule has 116 valence electrons. The third-order valence-electron chi connectivity index (χ3n) is 4.10. The first-order valence-electron chi connectivity index (χ1n) is 7.46. The molecule has 0 aromatic carbocycles. The number of nitrogens with one attached hydrogen (secondary N) is 1. The molecule has 2 fully saturated rings. The molecule has 1 aliphatic carbocycles. The highest BCUT2D eigenvalue weighted by Gasteiger charge is 2.37. The highest BCUT2D eigenvalue weighted by molar-refractivity contribution is 7.18. The second kappa shape index (κ2) is 5.18. The quantitative estimate of drug-likeness (QED) is 0.898. The first-order valence-corrected chi connectivity index (χ1v) is 8.28. The summed E-state index contributed by atoms with van der Waals surface area (Å²) in [5, 5.41) is 3.86. The van der Waals surface area contributed by atoms with Crippen molar-refractivity contribution in [3.63, 3.8) is 0 Å². The second-order valence-electron chi connectivity index (χ2n) is 6.45. The zero-order valence-electron chi connectivity index (χ0n) is 12.9. The molecule has 2 heterocycles. The lowest BCUT2D eigenvalue weighted by Crippen LogP contribution is -2.48. The van der Waals surface area contributed by atoms with Gasteiger partial charge in [-0.2, -0.15) is 0 Å². The van der Waals surface area contributed by atoms with Gasteiger partial charge in [0.25, 0.3) is 5.91 Å². The molecule has 0 radical (unpaired) electrons. The van der Waals surface area contributed by atoms with E-state index in [-0.39, 0.29) is 11.5 Å². The maximum atomic E-state index is 12.0. The van der Waals surface area contributed by atoms with Crippen LogP contribution in [0.4, 0.5) is 10.7 Å². The fraction of sp³-hybridized carbons (Fsp3) is 0.667. The normalized spacial score (nSPS) is 21.4. The van der Waals surface area contributed by atoms with Gasteiger partial charge in [-0.3, -0.25) is 4.79 Å². The van der Waals surface area contributed by atoms with E-state index in [1.54, 1.807) is 7.05 Å². The Kier molecular flexibility index (Phi) is 3.61. The number of morpholine rings is 1. The summed E-state index contributed by atoms with van der Waals surface area (Å²) in [6.45, 7) is 6.61. The van der Waals surface area contributed by atoms with Crippen molar-refractivity contribution < 1.29 is 9.53 Å². The number of nitrogens with two attached hydrogens (primary N) is 1. The van der Waals surface area contributed by atoms with Crippen LogP contribution >= 0.6 is 11.3 Å². The Bertz CT molecular complexity index is 564. The van der Waals surface area contributed by atoms with E-state index in [4.69, 9.17) is 10.5 Å². The summed E-state index contributed by atoms with van der Waals surface area (Å²) in [4.78, 5) is 15.0. The topological polar surface area (TPSA) is 67.6 Å². The van der Waals surface area contributed by atoms with Crippen molar-refractivity contribution in [2.24, 2.45) is 0 Å². The summed E-state index contributed by atoms with van der Waals surface area (Å²) in [6.07, 6.45) is 2.35. The van der Waals surface area contributed by atoms with Gasteiger partial charge >= 0.3 is 0 Å². The van der Waals surface area contributed by atoms with E-state index < -0.39 is 0 Å². The molecule has 1 aromatic rings. The number of anilines is 2. The lowest BCUT2D eigenvalue weighted by molar-refractivity contribution is -0.0275. The molecule has 5 nitrogen and oxygen atoms in total. The fourth-order valence-electron chi connectivity index (χ4n) is 2.92. The summed E-state index contributed by atoms with van der Waals surface area (Å²) in [6, 6.07) is 0. The number of carbonyl (C=O) groups excluding carboxylic acids is 1. The molecular weight excluding hydrogens is 286 g/mol. The SMILES string of the molecule is CNC(=O)c1sc(N2CCOC(C)(C)C2)c(C2CC2)c1N. The van der Waals surface area contributed by atoms with Crippen molar-refractivity contribution in [1.29, 1.82) is 0 Å². The van der Waals surface area contributed by atoms with E-state index in [0.717, 1.165) is 13.1 Å². The first kappa shape index (κ1) is 14.7. The molecule has 1 aliphatic heterocycles. The van der Waals surface area contributed by atoms with Crippen LogP contribution in [0.2, 0.25) is 0 Å². The zero-order chi connectivity index (χ0) is 15.2. The maximum absolute atomic E-state index is 12.0. The summed E-state index contributed by atoms with van der Waals surface area (Å²) in [7, 11) is 1.65. The first-order chi connectivity index (χ1) is 9.93. The lowest BCUT2D eigenvalue weighted by atomic mass is 10.1. The number of rotatable bonds is 3. The van der Waals surface area contributed by atoms with Crippen LogP contribution in [0, 0.1) is 0 Å². The smallest absolute Gasteiger partial charge is 0.263 e. The summed E-state index contributed by atoms with van der Waals surface area (Å²) < 4.78 is 5.79. The van der Waals surface area contributed by atoms with Gasteiger partial charge in [0.1, 0.15) is 4.88 Å². The van der Waals surface area contributed by atoms with Crippen LogP contribution in [-0.2, 0) is 4.74 Å². The van der Waals surface area contributed by atoms with Crippen molar-refractivity contribution >= 4 is 27.9 Å². The van der Waals surface area contributed by atoms with Gasteiger partial charge in [-0.1, -0.05) is 0 Å². The van der Waals surface area contributed by atoms with E-state index in [1.165, 1.54) is 34.7 Å². The van der Waals surface area contributed by atoms with Gasteiger partial charge in [0.15, 0.2) is 0 Å². The molecule has 0 unspecified atom stereocenters. The highest BCUT2D eigenvalue weighted by Crippen LogP contribution is 2.52. The van der Waals surface area contributed by atoms with Crippen LogP contribution in [0.5, 0.6) is 0 Å². The van der Waals surface area contributed by atoms with Crippen LogP contribution < -0.4 is 16.0 Å². The van der Waals surface area contributed by atoms with Crippen LogP contribution in [0.15, 0.2) is 0 Å².